The largest absolute Gasteiger partial charge is 0.507 e. The number of hydrogen-bond acceptors (Lipinski definition) is 6. The van der Waals surface area contributed by atoms with E-state index in [2.05, 4.69) is 14.8 Å². The summed E-state index contributed by atoms with van der Waals surface area (Å²) in [6.07, 6.45) is -5.31. The Morgan fingerprint density at radius 3 is 2.35 bits per heavy atom. The smallest absolute Gasteiger partial charge is 0.465 e. The van der Waals surface area contributed by atoms with Crippen LogP contribution in [0, 0.1) is 5.92 Å². The molecule has 0 aliphatic carbocycles. The van der Waals surface area contributed by atoms with Crippen molar-refractivity contribution in [2.24, 2.45) is 5.92 Å². The monoisotopic (exact) mass is 437 g/mol. The number of methoxy groups -OCH3 is 2. The first-order valence-corrected chi connectivity index (χ1v) is 9.56. The second kappa shape index (κ2) is 9.38. The van der Waals surface area contributed by atoms with Crippen LogP contribution in [0.2, 0.25) is 0 Å². The van der Waals surface area contributed by atoms with Gasteiger partial charge in [-0.25, -0.2) is 9.59 Å². The van der Waals surface area contributed by atoms with Crippen LogP contribution in [0.3, 0.4) is 0 Å². The number of ether oxygens (including phenoxy) is 3. The molecule has 1 N–H and O–H groups in total. The van der Waals surface area contributed by atoms with Crippen LogP contribution in [0.1, 0.15) is 27.4 Å². The van der Waals surface area contributed by atoms with Crippen molar-refractivity contribution in [3.05, 3.63) is 59.2 Å². The van der Waals surface area contributed by atoms with Gasteiger partial charge in [0.05, 0.1) is 32.0 Å². The van der Waals surface area contributed by atoms with E-state index in [1.807, 2.05) is 0 Å². The summed E-state index contributed by atoms with van der Waals surface area (Å²) in [7, 11) is 2.46. The zero-order valence-electron chi connectivity index (χ0n) is 17.0. The number of halogens is 3. The maximum absolute atomic E-state index is 13.4. The molecule has 1 aliphatic heterocycles. The Bertz CT molecular complexity index is 943. The van der Waals surface area contributed by atoms with E-state index in [4.69, 9.17) is 4.74 Å². The first-order chi connectivity index (χ1) is 14.7. The van der Waals surface area contributed by atoms with Crippen LogP contribution in [0.15, 0.2) is 42.5 Å². The number of carbonyl (C=O) groups excluding carboxylic acids is 2. The molecule has 0 radical (unpaired) electrons. The molecular formula is C22H22F3NO5. The highest BCUT2D eigenvalue weighted by molar-refractivity contribution is 5.90. The van der Waals surface area contributed by atoms with E-state index in [1.54, 1.807) is 12.1 Å². The van der Waals surface area contributed by atoms with Gasteiger partial charge < -0.3 is 19.5 Å². The quantitative estimate of drug-likeness (QED) is 0.706. The Balaban J connectivity index is 2.00. The molecule has 166 valence electrons. The van der Waals surface area contributed by atoms with Crippen molar-refractivity contribution in [3.8, 4) is 11.1 Å². The van der Waals surface area contributed by atoms with Gasteiger partial charge in [-0.2, -0.15) is 13.2 Å². The van der Waals surface area contributed by atoms with E-state index in [1.165, 1.54) is 32.4 Å². The summed E-state index contributed by atoms with van der Waals surface area (Å²) in [5.74, 6) is -0.845. The van der Waals surface area contributed by atoms with Gasteiger partial charge in [-0.1, -0.05) is 18.2 Å². The van der Waals surface area contributed by atoms with E-state index in [-0.39, 0.29) is 18.4 Å². The summed E-state index contributed by atoms with van der Waals surface area (Å²) in [6, 6.07) is 9.83. The van der Waals surface area contributed by atoms with Gasteiger partial charge >= 0.3 is 18.3 Å². The Morgan fingerprint density at radius 1 is 1.03 bits per heavy atom. The van der Waals surface area contributed by atoms with Crippen LogP contribution >= 0.6 is 0 Å². The molecular weight excluding hydrogens is 415 g/mol. The molecule has 0 spiro atoms. The Hall–Kier alpha value is -3.07. The fourth-order valence-corrected chi connectivity index (χ4v) is 3.72. The summed E-state index contributed by atoms with van der Waals surface area (Å²) in [5.41, 5.74) is 1.17. The topological polar surface area (TPSA) is 73.9 Å². The number of rotatable bonds is 5. The van der Waals surface area contributed by atoms with E-state index in [9.17, 15) is 22.8 Å². The Morgan fingerprint density at radius 2 is 1.74 bits per heavy atom. The van der Waals surface area contributed by atoms with E-state index < -0.39 is 23.9 Å². The predicted molar refractivity (Wildman–Crippen MR) is 106 cm³/mol. The van der Waals surface area contributed by atoms with Gasteiger partial charge in [0.15, 0.2) is 0 Å². The molecule has 0 bridgehead atoms. The van der Waals surface area contributed by atoms with Crippen molar-refractivity contribution >= 4 is 12.1 Å². The third-order valence-corrected chi connectivity index (χ3v) is 5.32. The predicted octanol–water partition coefficient (Wildman–Crippen LogP) is 4.25. The van der Waals surface area contributed by atoms with Crippen molar-refractivity contribution in [1.82, 2.24) is 5.32 Å². The molecule has 3 rings (SSSR count). The number of alkyl halides is 3. The minimum absolute atomic E-state index is 0.0755. The van der Waals surface area contributed by atoms with Crippen LogP contribution in [0.5, 0.6) is 0 Å². The van der Waals surface area contributed by atoms with Gasteiger partial charge in [0.1, 0.15) is 0 Å². The van der Waals surface area contributed by atoms with Gasteiger partial charge in [0.2, 0.25) is 0 Å². The normalized spacial score (nSPS) is 18.5. The summed E-state index contributed by atoms with van der Waals surface area (Å²) < 4.78 is 54.4. The molecule has 31 heavy (non-hydrogen) atoms. The van der Waals surface area contributed by atoms with Crippen molar-refractivity contribution in [2.75, 3.05) is 33.9 Å². The van der Waals surface area contributed by atoms with Gasteiger partial charge in [0, 0.05) is 24.9 Å². The number of benzene rings is 2. The summed E-state index contributed by atoms with van der Waals surface area (Å²) in [6.45, 7) is 1.14. The summed E-state index contributed by atoms with van der Waals surface area (Å²) in [5, 5.41) is 3.20. The Kier molecular flexibility index (Phi) is 6.84. The number of nitrogens with one attached hydrogen (secondary N) is 1. The van der Waals surface area contributed by atoms with Crippen LogP contribution in [-0.4, -0.2) is 46.0 Å². The summed E-state index contributed by atoms with van der Waals surface area (Å²) >= 11 is 0. The maximum atomic E-state index is 13.4. The second-order valence-corrected chi connectivity index (χ2v) is 7.16. The zero-order valence-corrected chi connectivity index (χ0v) is 17.0. The third-order valence-electron chi connectivity index (χ3n) is 5.32. The molecule has 2 aromatic carbocycles. The molecule has 2 atom stereocenters. The van der Waals surface area contributed by atoms with Crippen molar-refractivity contribution in [1.29, 1.82) is 0 Å². The van der Waals surface area contributed by atoms with Gasteiger partial charge in [-0.05, 0) is 41.0 Å². The first kappa shape index (κ1) is 22.6. The lowest BCUT2D eigenvalue weighted by Gasteiger charge is -2.23. The molecule has 0 aromatic heterocycles. The molecule has 2 aromatic rings. The molecule has 1 heterocycles. The molecule has 9 heteroatoms. The van der Waals surface area contributed by atoms with Gasteiger partial charge in [-0.15, -0.1) is 0 Å². The average molecular weight is 437 g/mol. The van der Waals surface area contributed by atoms with Gasteiger partial charge in [0.25, 0.3) is 0 Å². The maximum Gasteiger partial charge on any atom is 0.507 e. The van der Waals surface area contributed by atoms with Crippen LogP contribution in [0.4, 0.5) is 18.0 Å². The minimum Gasteiger partial charge on any atom is -0.465 e. The molecule has 1 fully saturated rings. The van der Waals surface area contributed by atoms with E-state index >= 15 is 0 Å². The standard InChI is InChI=1S/C22H22F3NO5/c1-29-20(27)14-5-3-13(4-6-14)18-9-16(22(23,24)25)7-8-17(18)19-11-26-10-15(19)12-31-21(28)30-2/h3-9,15,19,26H,10-12H2,1-2H3/t15-,19+/m1/s1. The molecule has 0 saturated carbocycles. The number of esters is 1. The van der Waals surface area contributed by atoms with E-state index in [0.717, 1.165) is 12.1 Å². The summed E-state index contributed by atoms with van der Waals surface area (Å²) in [4.78, 5) is 23.0. The molecule has 1 aliphatic rings. The zero-order chi connectivity index (χ0) is 22.6. The van der Waals surface area contributed by atoms with Crippen LogP contribution < -0.4 is 5.32 Å². The van der Waals surface area contributed by atoms with Crippen molar-refractivity contribution in [2.45, 2.75) is 12.1 Å². The van der Waals surface area contributed by atoms with E-state index in [0.29, 0.717) is 35.3 Å². The molecule has 0 amide bonds. The van der Waals surface area contributed by atoms with Crippen molar-refractivity contribution < 1.29 is 37.0 Å². The SMILES string of the molecule is COC(=O)OC[C@H]1CNC[C@@H]1c1ccc(C(F)(F)F)cc1-c1ccc(C(=O)OC)cc1. The lowest BCUT2D eigenvalue weighted by molar-refractivity contribution is -0.137. The molecule has 1 saturated heterocycles. The van der Waals surface area contributed by atoms with Crippen molar-refractivity contribution in [3.63, 3.8) is 0 Å². The third kappa shape index (κ3) is 5.16. The minimum atomic E-state index is -4.50. The fraction of sp³-hybridized carbons (Fsp3) is 0.364. The van der Waals surface area contributed by atoms with Crippen LogP contribution in [-0.2, 0) is 20.4 Å². The fourth-order valence-electron chi connectivity index (χ4n) is 3.72. The first-order valence-electron chi connectivity index (χ1n) is 9.56. The highest BCUT2D eigenvalue weighted by atomic mass is 19.4. The van der Waals surface area contributed by atoms with Gasteiger partial charge in [-0.3, -0.25) is 0 Å². The van der Waals surface area contributed by atoms with Crippen LogP contribution in [0.25, 0.3) is 11.1 Å². The highest BCUT2D eigenvalue weighted by Gasteiger charge is 2.35. The highest BCUT2D eigenvalue weighted by Crippen LogP contribution is 2.39. The lowest BCUT2D eigenvalue weighted by atomic mass is 9.83. The Labute approximate surface area is 177 Å². The number of carbonyl (C=O) groups is 2. The average Bonchev–Trinajstić information content (AvgIpc) is 3.24. The molecule has 6 nitrogen and oxygen atoms in total. The lowest BCUT2D eigenvalue weighted by Crippen LogP contribution is -2.20. The number of hydrogen-bond donors (Lipinski definition) is 1. The molecule has 0 unspecified atom stereocenters. The second-order valence-electron chi connectivity index (χ2n) is 7.16.